The molecule has 0 spiro atoms. The molecular weight excluding hydrogens is 460 g/mol. The predicted octanol–water partition coefficient (Wildman–Crippen LogP) is 2.92. The molecule has 1 fully saturated rings. The van der Waals surface area contributed by atoms with E-state index in [0.29, 0.717) is 24.5 Å². The summed E-state index contributed by atoms with van der Waals surface area (Å²) in [4.78, 5) is 29.8. The number of sulfonamides is 1. The SMILES string of the molecule is Cc1ccc(NC(=O)CN2C(=O)CSc3ccc(S(=O)(=O)N4CCCC4)cc32)cc1N(C)C. The molecule has 0 aliphatic carbocycles. The number of hydrogen-bond acceptors (Lipinski definition) is 6. The van der Waals surface area contributed by atoms with Crippen molar-refractivity contribution < 1.29 is 18.0 Å². The lowest BCUT2D eigenvalue weighted by atomic mass is 10.1. The highest BCUT2D eigenvalue weighted by atomic mass is 32.2. The Labute approximate surface area is 199 Å². The molecule has 2 aliphatic rings. The second-order valence-electron chi connectivity index (χ2n) is 8.45. The number of carbonyl (C=O) groups excluding carboxylic acids is 2. The topological polar surface area (TPSA) is 90.0 Å². The van der Waals surface area contributed by atoms with Crippen molar-refractivity contribution in [3.05, 3.63) is 42.0 Å². The molecule has 0 saturated carbocycles. The highest BCUT2D eigenvalue weighted by molar-refractivity contribution is 8.00. The van der Waals surface area contributed by atoms with Gasteiger partial charge in [0.1, 0.15) is 6.54 Å². The number of amides is 2. The van der Waals surface area contributed by atoms with Crippen molar-refractivity contribution in [3.8, 4) is 0 Å². The maximum atomic E-state index is 13.0. The molecule has 176 valence electrons. The number of thioether (sulfide) groups is 1. The summed E-state index contributed by atoms with van der Waals surface area (Å²) < 4.78 is 27.5. The molecule has 0 unspecified atom stereocenters. The van der Waals surface area contributed by atoms with Crippen LogP contribution < -0.4 is 15.1 Å². The van der Waals surface area contributed by atoms with Crippen LogP contribution in [0.2, 0.25) is 0 Å². The molecule has 2 aromatic carbocycles. The lowest BCUT2D eigenvalue weighted by Crippen LogP contribution is -2.41. The molecule has 1 N–H and O–H groups in total. The van der Waals surface area contributed by atoms with Gasteiger partial charge in [-0.3, -0.25) is 9.59 Å². The number of nitrogens with zero attached hydrogens (tertiary/aromatic N) is 3. The molecule has 10 heteroatoms. The molecule has 0 bridgehead atoms. The van der Waals surface area contributed by atoms with Gasteiger partial charge in [0, 0.05) is 43.5 Å². The smallest absolute Gasteiger partial charge is 0.244 e. The molecule has 2 amide bonds. The van der Waals surface area contributed by atoms with Crippen LogP contribution in [0.3, 0.4) is 0 Å². The first kappa shape index (κ1) is 23.6. The van der Waals surface area contributed by atoms with Crippen LogP contribution in [0, 0.1) is 6.92 Å². The summed E-state index contributed by atoms with van der Waals surface area (Å²) in [5.74, 6) is -0.368. The van der Waals surface area contributed by atoms with E-state index in [2.05, 4.69) is 5.32 Å². The lowest BCUT2D eigenvalue weighted by Gasteiger charge is -2.29. The zero-order valence-corrected chi connectivity index (χ0v) is 20.6. The minimum Gasteiger partial charge on any atom is -0.377 e. The lowest BCUT2D eigenvalue weighted by molar-refractivity contribution is -0.120. The minimum atomic E-state index is -3.63. The minimum absolute atomic E-state index is 0.151. The van der Waals surface area contributed by atoms with E-state index >= 15 is 0 Å². The van der Waals surface area contributed by atoms with Crippen molar-refractivity contribution >= 4 is 50.7 Å². The van der Waals surface area contributed by atoms with Crippen LogP contribution in [0.1, 0.15) is 18.4 Å². The highest BCUT2D eigenvalue weighted by Crippen LogP contribution is 2.37. The Balaban J connectivity index is 1.57. The zero-order valence-electron chi connectivity index (χ0n) is 19.0. The van der Waals surface area contributed by atoms with E-state index in [-0.39, 0.29) is 29.0 Å². The van der Waals surface area contributed by atoms with Gasteiger partial charge in [0.2, 0.25) is 21.8 Å². The largest absolute Gasteiger partial charge is 0.377 e. The van der Waals surface area contributed by atoms with Gasteiger partial charge in [-0.1, -0.05) is 6.07 Å². The first-order chi connectivity index (χ1) is 15.7. The number of carbonyl (C=O) groups is 2. The van der Waals surface area contributed by atoms with Crippen molar-refractivity contribution in [2.24, 2.45) is 0 Å². The van der Waals surface area contributed by atoms with Crippen molar-refractivity contribution in [2.75, 3.05) is 54.6 Å². The molecule has 0 radical (unpaired) electrons. The van der Waals surface area contributed by atoms with Gasteiger partial charge in [0.15, 0.2) is 0 Å². The Hall–Kier alpha value is -2.56. The number of benzene rings is 2. The van der Waals surface area contributed by atoms with Crippen molar-refractivity contribution in [2.45, 2.75) is 29.6 Å². The highest BCUT2D eigenvalue weighted by Gasteiger charge is 2.31. The monoisotopic (exact) mass is 488 g/mol. The van der Waals surface area contributed by atoms with Gasteiger partial charge in [-0.05, 0) is 55.7 Å². The van der Waals surface area contributed by atoms with E-state index in [9.17, 15) is 18.0 Å². The Morgan fingerprint density at radius 1 is 1.12 bits per heavy atom. The van der Waals surface area contributed by atoms with E-state index in [1.165, 1.54) is 27.0 Å². The van der Waals surface area contributed by atoms with Gasteiger partial charge in [-0.25, -0.2) is 8.42 Å². The summed E-state index contributed by atoms with van der Waals surface area (Å²) in [6.45, 7) is 2.82. The predicted molar refractivity (Wildman–Crippen MR) is 132 cm³/mol. The summed E-state index contributed by atoms with van der Waals surface area (Å²) >= 11 is 1.35. The molecular formula is C23H28N4O4S2. The van der Waals surface area contributed by atoms with Crippen LogP contribution >= 0.6 is 11.8 Å². The third kappa shape index (κ3) is 4.87. The fourth-order valence-electron chi connectivity index (χ4n) is 4.11. The molecule has 0 aromatic heterocycles. The normalized spacial score (nSPS) is 16.6. The maximum absolute atomic E-state index is 13.0. The fraction of sp³-hybridized carbons (Fsp3) is 0.391. The number of rotatable bonds is 6. The summed E-state index contributed by atoms with van der Waals surface area (Å²) in [7, 11) is 0.240. The Bertz CT molecular complexity index is 1190. The summed E-state index contributed by atoms with van der Waals surface area (Å²) in [5.41, 5.74) is 3.17. The zero-order chi connectivity index (χ0) is 23.8. The van der Waals surface area contributed by atoms with Gasteiger partial charge in [-0.15, -0.1) is 11.8 Å². The number of fused-ring (bicyclic) bond motifs is 1. The van der Waals surface area contributed by atoms with E-state index in [4.69, 9.17) is 0 Å². The van der Waals surface area contributed by atoms with Crippen LogP contribution in [0.25, 0.3) is 0 Å². The van der Waals surface area contributed by atoms with Crippen LogP contribution in [-0.2, 0) is 19.6 Å². The molecule has 1 saturated heterocycles. The van der Waals surface area contributed by atoms with Crippen LogP contribution in [0.4, 0.5) is 17.1 Å². The van der Waals surface area contributed by atoms with Gasteiger partial charge in [-0.2, -0.15) is 4.31 Å². The molecule has 0 atom stereocenters. The number of aryl methyl sites for hydroxylation is 1. The third-order valence-electron chi connectivity index (χ3n) is 5.85. The molecule has 4 rings (SSSR count). The van der Waals surface area contributed by atoms with Crippen LogP contribution in [0.15, 0.2) is 46.2 Å². The third-order valence-corrected chi connectivity index (χ3v) is 8.79. The Kier molecular flexibility index (Phi) is 6.69. The first-order valence-corrected chi connectivity index (χ1v) is 13.2. The van der Waals surface area contributed by atoms with E-state index < -0.39 is 10.0 Å². The molecule has 33 heavy (non-hydrogen) atoms. The van der Waals surface area contributed by atoms with Crippen LogP contribution in [-0.4, -0.2) is 64.0 Å². The van der Waals surface area contributed by atoms with Crippen molar-refractivity contribution in [1.29, 1.82) is 0 Å². The number of hydrogen-bond donors (Lipinski definition) is 1. The van der Waals surface area contributed by atoms with Crippen molar-refractivity contribution in [1.82, 2.24) is 4.31 Å². The Morgan fingerprint density at radius 2 is 1.85 bits per heavy atom. The maximum Gasteiger partial charge on any atom is 0.244 e. The average molecular weight is 489 g/mol. The molecule has 2 heterocycles. The standard InChI is InChI=1S/C23H28N4O4S2/c1-16-6-7-17(12-19(16)25(2)3)24-22(28)14-27-20-13-18(8-9-21(20)32-15-23(27)29)33(30,31)26-10-4-5-11-26/h6-9,12-13H,4-5,10-11,14-15H2,1-3H3,(H,24,28). The van der Waals surface area contributed by atoms with Gasteiger partial charge in [0.05, 0.1) is 16.3 Å². The van der Waals surface area contributed by atoms with Gasteiger partial charge < -0.3 is 15.1 Å². The quantitative estimate of drug-likeness (QED) is 0.673. The van der Waals surface area contributed by atoms with Crippen molar-refractivity contribution in [3.63, 3.8) is 0 Å². The molecule has 2 aliphatic heterocycles. The molecule has 8 nitrogen and oxygen atoms in total. The van der Waals surface area contributed by atoms with Gasteiger partial charge in [0.25, 0.3) is 0 Å². The summed E-state index contributed by atoms with van der Waals surface area (Å²) in [6.07, 6.45) is 1.69. The number of anilines is 3. The summed E-state index contributed by atoms with van der Waals surface area (Å²) in [6, 6.07) is 10.5. The van der Waals surface area contributed by atoms with E-state index in [1.807, 2.05) is 44.1 Å². The summed E-state index contributed by atoms with van der Waals surface area (Å²) in [5, 5.41) is 2.86. The second kappa shape index (κ2) is 9.36. The fourth-order valence-corrected chi connectivity index (χ4v) is 6.56. The van der Waals surface area contributed by atoms with Gasteiger partial charge >= 0.3 is 0 Å². The van der Waals surface area contributed by atoms with Crippen LogP contribution in [0.5, 0.6) is 0 Å². The van der Waals surface area contributed by atoms with E-state index in [0.717, 1.165) is 29.0 Å². The first-order valence-electron chi connectivity index (χ1n) is 10.8. The molecule has 2 aromatic rings. The average Bonchev–Trinajstić information content (AvgIpc) is 3.32. The van der Waals surface area contributed by atoms with E-state index in [1.54, 1.807) is 12.1 Å². The second-order valence-corrected chi connectivity index (χ2v) is 11.4. The number of nitrogens with one attached hydrogen (secondary N) is 1. The Morgan fingerprint density at radius 3 is 2.55 bits per heavy atom.